The molecule has 0 spiro atoms. The number of halogens is 2. The second kappa shape index (κ2) is 9.82. The van der Waals surface area contributed by atoms with Crippen LogP contribution in [0, 0.1) is 19.8 Å². The normalized spacial score (nSPS) is 20.6. The van der Waals surface area contributed by atoms with Crippen molar-refractivity contribution in [3.8, 4) is 0 Å². The number of carbonyl (C=O) groups excluding carboxylic acids is 2. The smallest absolute Gasteiger partial charge is 0.251 e. The number of rotatable bonds is 6. The van der Waals surface area contributed by atoms with Crippen LogP contribution >= 0.6 is 23.2 Å². The molecule has 4 rings (SSSR count). The van der Waals surface area contributed by atoms with E-state index in [1.54, 1.807) is 18.2 Å². The number of nitrogens with one attached hydrogen (secondary N) is 2. The van der Waals surface area contributed by atoms with Crippen molar-refractivity contribution in [2.24, 2.45) is 5.92 Å². The summed E-state index contributed by atoms with van der Waals surface area (Å²) < 4.78 is 0. The van der Waals surface area contributed by atoms with Gasteiger partial charge in [-0.3, -0.25) is 9.59 Å². The minimum absolute atomic E-state index is 0.107. The first-order valence-corrected chi connectivity index (χ1v) is 11.9. The molecule has 2 unspecified atom stereocenters. The number of hydrogen-bond donors (Lipinski definition) is 2. The lowest BCUT2D eigenvalue weighted by atomic mass is 9.91. The van der Waals surface area contributed by atoms with E-state index in [0.717, 1.165) is 19.4 Å². The average molecular weight is 474 g/mol. The summed E-state index contributed by atoms with van der Waals surface area (Å²) in [6.45, 7) is 6.13. The van der Waals surface area contributed by atoms with Crippen LogP contribution in [0.15, 0.2) is 36.4 Å². The summed E-state index contributed by atoms with van der Waals surface area (Å²) in [5, 5.41) is 7.23. The molecule has 1 aliphatic heterocycles. The molecule has 0 bridgehead atoms. The van der Waals surface area contributed by atoms with E-state index in [1.807, 2.05) is 4.90 Å². The van der Waals surface area contributed by atoms with Gasteiger partial charge < -0.3 is 15.5 Å². The van der Waals surface area contributed by atoms with Crippen LogP contribution in [0.5, 0.6) is 0 Å². The third kappa shape index (κ3) is 5.28. The zero-order chi connectivity index (χ0) is 22.8. The fraction of sp³-hybridized carbons (Fsp3) is 0.440. The van der Waals surface area contributed by atoms with Crippen molar-refractivity contribution >= 4 is 35.0 Å². The number of hydrogen-bond acceptors (Lipinski definition) is 3. The van der Waals surface area contributed by atoms with Crippen molar-refractivity contribution in [1.82, 2.24) is 15.5 Å². The third-order valence-corrected chi connectivity index (χ3v) is 7.01. The predicted octanol–water partition coefficient (Wildman–Crippen LogP) is 4.51. The van der Waals surface area contributed by atoms with Crippen LogP contribution in [0.2, 0.25) is 10.0 Å². The Balaban J connectivity index is 1.52. The Bertz CT molecular complexity index is 1000. The second-order valence-electron chi connectivity index (χ2n) is 8.89. The van der Waals surface area contributed by atoms with Gasteiger partial charge in [0, 0.05) is 40.8 Å². The highest BCUT2D eigenvalue weighted by Gasteiger charge is 2.40. The lowest BCUT2D eigenvalue weighted by molar-refractivity contribution is -0.138. The quantitative estimate of drug-likeness (QED) is 0.648. The number of amides is 2. The molecular formula is C25H29Cl2N3O2. The standard InChI is InChI=1S/C25H29Cl2N3O2/c1-15-4-3-5-17(16(15)2)14-30(21-6-7-21)25(32)22-13-28-9-8-23(22)29-24(31)18-10-19(26)12-20(27)11-18/h3-5,10-12,21-23,28H,6-9,13-14H2,1-2H3,(H,29,31). The fourth-order valence-corrected chi connectivity index (χ4v) is 4.91. The van der Waals surface area contributed by atoms with Gasteiger partial charge in [0.25, 0.3) is 5.91 Å². The van der Waals surface area contributed by atoms with Crippen LogP contribution in [0.25, 0.3) is 0 Å². The summed E-state index contributed by atoms with van der Waals surface area (Å²) in [6, 6.07) is 11.1. The summed E-state index contributed by atoms with van der Waals surface area (Å²) in [5.74, 6) is -0.463. The molecule has 2 atom stereocenters. The zero-order valence-electron chi connectivity index (χ0n) is 18.5. The van der Waals surface area contributed by atoms with Gasteiger partial charge in [-0.15, -0.1) is 0 Å². The van der Waals surface area contributed by atoms with Crippen LogP contribution in [-0.4, -0.2) is 41.9 Å². The number of aryl methyl sites for hydroxylation is 1. The molecule has 0 radical (unpaired) electrons. The van der Waals surface area contributed by atoms with E-state index in [1.165, 1.54) is 16.7 Å². The van der Waals surface area contributed by atoms with Crippen molar-refractivity contribution in [3.63, 3.8) is 0 Å². The van der Waals surface area contributed by atoms with Crippen LogP contribution in [-0.2, 0) is 11.3 Å². The van der Waals surface area contributed by atoms with Gasteiger partial charge in [0.2, 0.25) is 5.91 Å². The molecular weight excluding hydrogens is 445 g/mol. The van der Waals surface area contributed by atoms with Gasteiger partial charge >= 0.3 is 0 Å². The Morgan fingerprint density at radius 1 is 1.09 bits per heavy atom. The summed E-state index contributed by atoms with van der Waals surface area (Å²) in [7, 11) is 0. The van der Waals surface area contributed by atoms with Crippen LogP contribution in [0.1, 0.15) is 46.3 Å². The van der Waals surface area contributed by atoms with E-state index in [4.69, 9.17) is 23.2 Å². The summed E-state index contributed by atoms with van der Waals surface area (Å²) >= 11 is 12.1. The molecule has 2 fully saturated rings. The maximum atomic E-state index is 13.7. The highest BCUT2D eigenvalue weighted by atomic mass is 35.5. The van der Waals surface area contributed by atoms with Gasteiger partial charge in [-0.2, -0.15) is 0 Å². The SMILES string of the molecule is Cc1cccc(CN(C(=O)C2CNCCC2NC(=O)c2cc(Cl)cc(Cl)c2)C2CC2)c1C. The van der Waals surface area contributed by atoms with Crippen molar-refractivity contribution in [1.29, 1.82) is 0 Å². The average Bonchev–Trinajstić information content (AvgIpc) is 3.59. The predicted molar refractivity (Wildman–Crippen MR) is 128 cm³/mol. The van der Waals surface area contributed by atoms with Gasteiger partial charge in [0.15, 0.2) is 0 Å². The van der Waals surface area contributed by atoms with Crippen molar-refractivity contribution in [2.75, 3.05) is 13.1 Å². The largest absolute Gasteiger partial charge is 0.348 e. The molecule has 170 valence electrons. The van der Waals surface area contributed by atoms with E-state index < -0.39 is 0 Å². The van der Waals surface area contributed by atoms with E-state index in [2.05, 4.69) is 42.7 Å². The molecule has 2 amide bonds. The summed E-state index contributed by atoms with van der Waals surface area (Å²) in [4.78, 5) is 28.6. The minimum atomic E-state index is -0.312. The molecule has 2 aromatic rings. The number of nitrogens with zero attached hydrogens (tertiary/aromatic N) is 1. The summed E-state index contributed by atoms with van der Waals surface area (Å²) in [5.41, 5.74) is 4.05. The molecule has 2 aromatic carbocycles. The molecule has 32 heavy (non-hydrogen) atoms. The maximum absolute atomic E-state index is 13.7. The van der Waals surface area contributed by atoms with E-state index in [0.29, 0.717) is 35.1 Å². The van der Waals surface area contributed by atoms with Gasteiger partial charge in [0.05, 0.1) is 5.92 Å². The summed E-state index contributed by atoms with van der Waals surface area (Å²) in [6.07, 6.45) is 2.77. The van der Waals surface area contributed by atoms with Gasteiger partial charge in [-0.05, 0) is 74.5 Å². The van der Waals surface area contributed by atoms with Crippen molar-refractivity contribution < 1.29 is 9.59 Å². The topological polar surface area (TPSA) is 61.4 Å². The monoisotopic (exact) mass is 473 g/mol. The molecule has 5 nitrogen and oxygen atoms in total. The number of piperidine rings is 1. The third-order valence-electron chi connectivity index (χ3n) is 6.57. The lowest BCUT2D eigenvalue weighted by Crippen LogP contribution is -2.55. The number of benzene rings is 2. The molecule has 1 saturated carbocycles. The Kier molecular flexibility index (Phi) is 7.08. The molecule has 7 heteroatoms. The van der Waals surface area contributed by atoms with E-state index >= 15 is 0 Å². The Hall–Kier alpha value is -2.08. The molecule has 1 heterocycles. The first kappa shape index (κ1) is 23.1. The van der Waals surface area contributed by atoms with Crippen LogP contribution in [0.3, 0.4) is 0 Å². The van der Waals surface area contributed by atoms with Gasteiger partial charge in [-0.25, -0.2) is 0 Å². The van der Waals surface area contributed by atoms with E-state index in [-0.39, 0.29) is 29.8 Å². The van der Waals surface area contributed by atoms with E-state index in [9.17, 15) is 9.59 Å². The maximum Gasteiger partial charge on any atom is 0.251 e. The van der Waals surface area contributed by atoms with Crippen LogP contribution < -0.4 is 10.6 Å². The first-order chi connectivity index (χ1) is 15.3. The Labute approximate surface area is 199 Å². The second-order valence-corrected chi connectivity index (χ2v) is 9.77. The number of carbonyl (C=O) groups is 2. The Morgan fingerprint density at radius 2 is 1.81 bits per heavy atom. The first-order valence-electron chi connectivity index (χ1n) is 11.2. The van der Waals surface area contributed by atoms with Gasteiger partial charge in [0.1, 0.15) is 0 Å². The molecule has 0 aromatic heterocycles. The van der Waals surface area contributed by atoms with Crippen LogP contribution in [0.4, 0.5) is 0 Å². The highest BCUT2D eigenvalue weighted by Crippen LogP contribution is 2.32. The fourth-order valence-electron chi connectivity index (χ4n) is 4.38. The lowest BCUT2D eigenvalue weighted by Gasteiger charge is -2.36. The highest BCUT2D eigenvalue weighted by molar-refractivity contribution is 6.35. The van der Waals surface area contributed by atoms with Gasteiger partial charge in [-0.1, -0.05) is 41.4 Å². The zero-order valence-corrected chi connectivity index (χ0v) is 20.0. The molecule has 1 saturated heterocycles. The Morgan fingerprint density at radius 3 is 2.50 bits per heavy atom. The van der Waals surface area contributed by atoms with Crippen molar-refractivity contribution in [3.05, 3.63) is 68.7 Å². The molecule has 2 aliphatic rings. The molecule has 2 N–H and O–H groups in total. The van der Waals surface area contributed by atoms with Crippen molar-refractivity contribution in [2.45, 2.75) is 51.7 Å². The molecule has 1 aliphatic carbocycles. The minimum Gasteiger partial charge on any atom is -0.348 e.